The van der Waals surface area contributed by atoms with Crippen LogP contribution in [-0.4, -0.2) is 50.6 Å². The Bertz CT molecular complexity index is 1290. The molecule has 0 saturated heterocycles. The monoisotopic (exact) mass is 416 g/mol. The summed E-state index contributed by atoms with van der Waals surface area (Å²) in [6.45, 7) is 5.94. The average molecular weight is 416 g/mol. The summed E-state index contributed by atoms with van der Waals surface area (Å²) in [5.74, 6) is -0.811. The molecule has 4 rings (SSSR count). The minimum atomic E-state index is -0.446. The molecular formula is C23H20N4O4. The largest absolute Gasteiger partial charge is 0.331 e. The van der Waals surface area contributed by atoms with Crippen LogP contribution in [-0.2, 0) is 6.54 Å². The first-order chi connectivity index (χ1) is 14.9. The molecule has 0 radical (unpaired) electrons. The van der Waals surface area contributed by atoms with Gasteiger partial charge >= 0.3 is 0 Å². The number of carbonyl (C=O) groups is 3. The number of nitrogens with zero attached hydrogens (tertiary/aromatic N) is 3. The van der Waals surface area contributed by atoms with Crippen LogP contribution in [0.2, 0.25) is 0 Å². The molecular weight excluding hydrogens is 396 g/mol. The summed E-state index contributed by atoms with van der Waals surface area (Å²) in [5.41, 5.74) is 1.03. The fraction of sp³-hybridized carbons (Fsp3) is 0.174. The molecule has 0 saturated carbocycles. The predicted octanol–water partition coefficient (Wildman–Crippen LogP) is 2.37. The molecule has 1 aliphatic heterocycles. The van der Waals surface area contributed by atoms with Crippen LogP contribution in [0.1, 0.15) is 43.8 Å². The third kappa shape index (κ3) is 3.52. The second-order valence-electron chi connectivity index (χ2n) is 7.12. The van der Waals surface area contributed by atoms with E-state index in [1.807, 2.05) is 6.92 Å². The zero-order valence-electron chi connectivity index (χ0n) is 16.9. The molecule has 0 unspecified atom stereocenters. The fourth-order valence-electron chi connectivity index (χ4n) is 3.62. The van der Waals surface area contributed by atoms with Gasteiger partial charge in [-0.15, -0.1) is 6.58 Å². The summed E-state index contributed by atoms with van der Waals surface area (Å²) < 4.78 is 0. The molecule has 3 amide bonds. The van der Waals surface area contributed by atoms with Crippen LogP contribution in [0.4, 0.5) is 0 Å². The van der Waals surface area contributed by atoms with E-state index in [-0.39, 0.29) is 41.2 Å². The van der Waals surface area contributed by atoms with E-state index < -0.39 is 11.8 Å². The van der Waals surface area contributed by atoms with Gasteiger partial charge in [-0.05, 0) is 37.3 Å². The van der Waals surface area contributed by atoms with E-state index in [0.29, 0.717) is 23.3 Å². The Kier molecular flexibility index (Phi) is 5.21. The van der Waals surface area contributed by atoms with Crippen LogP contribution in [0, 0.1) is 0 Å². The number of nitrogens with one attached hydrogen (secondary N) is 1. The maximum Gasteiger partial charge on any atom is 0.261 e. The van der Waals surface area contributed by atoms with Crippen molar-refractivity contribution in [3.8, 4) is 0 Å². The molecule has 2 heterocycles. The Hall–Kier alpha value is -4.07. The number of para-hydroxylation sites is 1. The molecule has 1 aromatic heterocycles. The first kappa shape index (κ1) is 20.2. The van der Waals surface area contributed by atoms with E-state index in [0.717, 1.165) is 4.90 Å². The molecule has 156 valence electrons. The highest BCUT2D eigenvalue weighted by Gasteiger charge is 2.35. The van der Waals surface area contributed by atoms with E-state index >= 15 is 0 Å². The van der Waals surface area contributed by atoms with Gasteiger partial charge in [-0.1, -0.05) is 18.2 Å². The summed E-state index contributed by atoms with van der Waals surface area (Å²) in [6.07, 6.45) is 1.48. The van der Waals surface area contributed by atoms with Crippen molar-refractivity contribution in [2.45, 2.75) is 13.5 Å². The molecule has 0 aliphatic carbocycles. The second kappa shape index (κ2) is 7.98. The normalized spacial score (nSPS) is 12.9. The van der Waals surface area contributed by atoms with Crippen molar-refractivity contribution in [3.05, 3.63) is 88.0 Å². The Morgan fingerprint density at radius 1 is 1.13 bits per heavy atom. The zero-order valence-corrected chi connectivity index (χ0v) is 16.9. The number of hydrogen-bond donors (Lipinski definition) is 1. The van der Waals surface area contributed by atoms with E-state index in [1.165, 1.54) is 29.2 Å². The summed E-state index contributed by atoms with van der Waals surface area (Å²) in [5, 5.41) is 0.478. The summed E-state index contributed by atoms with van der Waals surface area (Å²) in [6, 6.07) is 11.5. The van der Waals surface area contributed by atoms with Crippen molar-refractivity contribution in [1.82, 2.24) is 19.8 Å². The molecule has 0 spiro atoms. The Morgan fingerprint density at radius 2 is 1.87 bits per heavy atom. The van der Waals surface area contributed by atoms with Crippen molar-refractivity contribution >= 4 is 28.6 Å². The van der Waals surface area contributed by atoms with Gasteiger partial charge in [-0.2, -0.15) is 0 Å². The molecule has 0 fully saturated rings. The van der Waals surface area contributed by atoms with Gasteiger partial charge in [0.1, 0.15) is 5.82 Å². The third-order valence-electron chi connectivity index (χ3n) is 5.20. The minimum absolute atomic E-state index is 0.0992. The summed E-state index contributed by atoms with van der Waals surface area (Å²) in [4.78, 5) is 60.1. The molecule has 8 nitrogen and oxygen atoms in total. The minimum Gasteiger partial charge on any atom is -0.331 e. The van der Waals surface area contributed by atoms with Gasteiger partial charge in [-0.3, -0.25) is 24.1 Å². The predicted molar refractivity (Wildman–Crippen MR) is 115 cm³/mol. The molecule has 0 atom stereocenters. The van der Waals surface area contributed by atoms with Gasteiger partial charge in [0.25, 0.3) is 23.3 Å². The summed E-state index contributed by atoms with van der Waals surface area (Å²) >= 11 is 0. The van der Waals surface area contributed by atoms with Crippen molar-refractivity contribution in [3.63, 3.8) is 0 Å². The van der Waals surface area contributed by atoms with Gasteiger partial charge in [-0.25, -0.2) is 4.98 Å². The maximum atomic E-state index is 13.1. The van der Waals surface area contributed by atoms with Crippen LogP contribution >= 0.6 is 0 Å². The standard InChI is InChI=1S/C23H20N4O4/c1-3-11-27-22(30)15-10-9-14(12-17(15)23(27)31)21(29)26(4-2)13-19-24-18-8-6-5-7-16(18)20(28)25-19/h3,5-10,12H,1,4,11,13H2,2H3,(H,24,25,28). The number of benzene rings is 2. The van der Waals surface area contributed by atoms with Crippen molar-refractivity contribution in [2.75, 3.05) is 13.1 Å². The van der Waals surface area contributed by atoms with Gasteiger partial charge in [0.05, 0.1) is 28.6 Å². The van der Waals surface area contributed by atoms with Crippen LogP contribution in [0.25, 0.3) is 10.9 Å². The lowest BCUT2D eigenvalue weighted by Crippen LogP contribution is -2.32. The Balaban J connectivity index is 1.62. The zero-order chi connectivity index (χ0) is 22.1. The highest BCUT2D eigenvalue weighted by atomic mass is 16.2. The Morgan fingerprint density at radius 3 is 2.61 bits per heavy atom. The number of imide groups is 1. The lowest BCUT2D eigenvalue weighted by Gasteiger charge is -2.20. The van der Waals surface area contributed by atoms with Crippen molar-refractivity contribution < 1.29 is 14.4 Å². The van der Waals surface area contributed by atoms with E-state index in [1.54, 1.807) is 24.3 Å². The SMILES string of the molecule is C=CCN1C(=O)c2ccc(C(=O)N(CC)Cc3nc4ccccc4c(=O)[nH]3)cc2C1=O. The molecule has 31 heavy (non-hydrogen) atoms. The van der Waals surface area contributed by atoms with Crippen molar-refractivity contribution in [1.29, 1.82) is 0 Å². The second-order valence-corrected chi connectivity index (χ2v) is 7.12. The lowest BCUT2D eigenvalue weighted by atomic mass is 10.0. The van der Waals surface area contributed by atoms with Gasteiger partial charge < -0.3 is 9.88 Å². The number of hydrogen-bond acceptors (Lipinski definition) is 5. The van der Waals surface area contributed by atoms with Crippen molar-refractivity contribution in [2.24, 2.45) is 0 Å². The fourth-order valence-corrected chi connectivity index (χ4v) is 3.62. The van der Waals surface area contributed by atoms with E-state index in [4.69, 9.17) is 0 Å². The van der Waals surface area contributed by atoms with Crippen LogP contribution in [0.15, 0.2) is 59.9 Å². The Labute approximate surface area is 177 Å². The van der Waals surface area contributed by atoms with Gasteiger partial charge in [0, 0.05) is 18.7 Å². The molecule has 3 aromatic rings. The van der Waals surface area contributed by atoms with Crippen LogP contribution in [0.3, 0.4) is 0 Å². The highest BCUT2D eigenvalue weighted by Crippen LogP contribution is 2.24. The maximum absolute atomic E-state index is 13.1. The number of aromatic amines is 1. The smallest absolute Gasteiger partial charge is 0.261 e. The summed E-state index contributed by atoms with van der Waals surface area (Å²) in [7, 11) is 0. The lowest BCUT2D eigenvalue weighted by molar-refractivity contribution is 0.0671. The number of fused-ring (bicyclic) bond motifs is 2. The highest BCUT2D eigenvalue weighted by molar-refractivity contribution is 6.22. The molecule has 1 N–H and O–H groups in total. The molecule has 1 aliphatic rings. The topological polar surface area (TPSA) is 103 Å². The van der Waals surface area contributed by atoms with Gasteiger partial charge in [0.15, 0.2) is 0 Å². The average Bonchev–Trinajstić information content (AvgIpc) is 3.01. The number of amides is 3. The molecule has 8 heteroatoms. The van der Waals surface area contributed by atoms with E-state index in [2.05, 4.69) is 16.5 Å². The number of carbonyl (C=O) groups excluding carboxylic acids is 3. The number of H-pyrrole nitrogens is 1. The molecule has 2 aromatic carbocycles. The number of aromatic nitrogens is 2. The first-order valence-corrected chi connectivity index (χ1v) is 9.83. The van der Waals surface area contributed by atoms with Crippen LogP contribution < -0.4 is 5.56 Å². The van der Waals surface area contributed by atoms with E-state index in [9.17, 15) is 19.2 Å². The van der Waals surface area contributed by atoms with Crippen LogP contribution in [0.5, 0.6) is 0 Å². The molecule has 0 bridgehead atoms. The number of rotatable bonds is 6. The van der Waals surface area contributed by atoms with Gasteiger partial charge in [0.2, 0.25) is 0 Å². The quantitative estimate of drug-likeness (QED) is 0.491. The third-order valence-corrected chi connectivity index (χ3v) is 5.20. The first-order valence-electron chi connectivity index (χ1n) is 9.83.